The lowest BCUT2D eigenvalue weighted by atomic mass is 9.89. The quantitative estimate of drug-likeness (QED) is 0.242. The van der Waals surface area contributed by atoms with Crippen molar-refractivity contribution >= 4 is 29.1 Å². The second kappa shape index (κ2) is 12.0. The van der Waals surface area contributed by atoms with Gasteiger partial charge in [0.2, 0.25) is 5.91 Å². The number of hydrogen-bond acceptors (Lipinski definition) is 6. The molecule has 6 nitrogen and oxygen atoms in total. The SMILES string of the molecule is COc1ccc(OCCCN2CCC(C(=O)c3ccccc3)CC2)c(C2Sc3ccccc3N2C(C)=O)c1. The molecule has 0 aliphatic carbocycles. The monoisotopic (exact) mass is 530 g/mol. The minimum atomic E-state index is -0.212. The molecule has 198 valence electrons. The van der Waals surface area contributed by atoms with Crippen molar-refractivity contribution in [1.29, 1.82) is 0 Å². The molecule has 0 aromatic heterocycles. The summed E-state index contributed by atoms with van der Waals surface area (Å²) >= 11 is 1.66. The van der Waals surface area contributed by atoms with Gasteiger partial charge in [-0.2, -0.15) is 0 Å². The summed E-state index contributed by atoms with van der Waals surface area (Å²) in [6.07, 6.45) is 2.69. The molecule has 3 aromatic rings. The highest BCUT2D eigenvalue weighted by atomic mass is 32.2. The van der Waals surface area contributed by atoms with E-state index in [1.54, 1.807) is 25.8 Å². The molecule has 3 aromatic carbocycles. The zero-order valence-corrected chi connectivity index (χ0v) is 22.8. The van der Waals surface area contributed by atoms with Gasteiger partial charge in [-0.3, -0.25) is 14.5 Å². The summed E-state index contributed by atoms with van der Waals surface area (Å²) in [7, 11) is 1.65. The lowest BCUT2D eigenvalue weighted by Crippen LogP contribution is -2.37. The molecule has 5 rings (SSSR count). The van der Waals surface area contributed by atoms with Gasteiger partial charge in [0.25, 0.3) is 0 Å². The van der Waals surface area contributed by atoms with Crippen molar-refractivity contribution in [3.05, 3.63) is 83.9 Å². The van der Waals surface area contributed by atoms with E-state index in [1.165, 1.54) is 0 Å². The van der Waals surface area contributed by atoms with Crippen molar-refractivity contribution in [2.24, 2.45) is 5.92 Å². The van der Waals surface area contributed by atoms with E-state index in [0.29, 0.717) is 6.61 Å². The third-order valence-corrected chi connectivity index (χ3v) is 8.60. The molecule has 2 aliphatic rings. The molecular weight excluding hydrogens is 496 g/mol. The smallest absolute Gasteiger partial charge is 0.225 e. The summed E-state index contributed by atoms with van der Waals surface area (Å²) in [5, 5.41) is -0.212. The number of hydrogen-bond donors (Lipinski definition) is 0. The number of anilines is 1. The molecule has 0 bridgehead atoms. The van der Waals surface area contributed by atoms with Gasteiger partial charge in [0.15, 0.2) is 5.78 Å². The van der Waals surface area contributed by atoms with Gasteiger partial charge >= 0.3 is 0 Å². The molecule has 38 heavy (non-hydrogen) atoms. The minimum Gasteiger partial charge on any atom is -0.497 e. The molecule has 2 aliphatic heterocycles. The summed E-state index contributed by atoms with van der Waals surface area (Å²) in [5.74, 6) is 1.89. The standard InChI is InChI=1S/C31H34N2O4S/c1-22(34)33-27-11-6-7-12-29(27)38-31(33)26-21-25(36-2)13-14-28(26)37-20-8-17-32-18-15-24(16-19-32)30(35)23-9-4-3-5-10-23/h3-7,9-14,21,24,31H,8,15-20H2,1-2H3. The summed E-state index contributed by atoms with van der Waals surface area (Å²) < 4.78 is 11.8. The maximum Gasteiger partial charge on any atom is 0.225 e. The molecule has 7 heteroatoms. The number of para-hydroxylation sites is 1. The average Bonchev–Trinajstić information content (AvgIpc) is 3.35. The number of carbonyl (C=O) groups is 2. The molecule has 1 atom stereocenters. The Balaban J connectivity index is 1.18. The first-order valence-corrected chi connectivity index (χ1v) is 14.1. The van der Waals surface area contributed by atoms with Crippen molar-refractivity contribution in [3.8, 4) is 11.5 Å². The lowest BCUT2D eigenvalue weighted by Gasteiger charge is -2.31. The van der Waals surface area contributed by atoms with Gasteiger partial charge in [-0.05, 0) is 62.7 Å². The van der Waals surface area contributed by atoms with Gasteiger partial charge in [0, 0.05) is 35.4 Å². The van der Waals surface area contributed by atoms with Crippen molar-refractivity contribution < 1.29 is 19.1 Å². The van der Waals surface area contributed by atoms with Crippen LogP contribution in [0.25, 0.3) is 0 Å². The molecule has 2 heterocycles. The first kappa shape index (κ1) is 26.3. The number of ketones is 1. The van der Waals surface area contributed by atoms with E-state index in [9.17, 15) is 9.59 Å². The number of ether oxygens (including phenoxy) is 2. The van der Waals surface area contributed by atoms with Gasteiger partial charge in [-0.25, -0.2) is 0 Å². The number of methoxy groups -OCH3 is 1. The highest BCUT2D eigenvalue weighted by molar-refractivity contribution is 8.00. The van der Waals surface area contributed by atoms with Crippen LogP contribution in [-0.4, -0.2) is 49.9 Å². The van der Waals surface area contributed by atoms with Crippen molar-refractivity contribution in [2.45, 2.75) is 36.5 Å². The number of carbonyl (C=O) groups excluding carboxylic acids is 2. The topological polar surface area (TPSA) is 59.1 Å². The van der Waals surface area contributed by atoms with Crippen LogP contribution in [0.15, 0.2) is 77.7 Å². The first-order valence-electron chi connectivity index (χ1n) is 13.2. The number of likely N-dealkylation sites (tertiary alicyclic amines) is 1. The van der Waals surface area contributed by atoms with Crippen LogP contribution in [0.2, 0.25) is 0 Å². The largest absolute Gasteiger partial charge is 0.497 e. The van der Waals surface area contributed by atoms with Gasteiger partial charge < -0.3 is 14.4 Å². The number of thioether (sulfide) groups is 1. The normalized spacial score (nSPS) is 17.7. The lowest BCUT2D eigenvalue weighted by molar-refractivity contribution is -0.116. The number of amides is 1. The molecule has 1 saturated heterocycles. The third-order valence-electron chi connectivity index (χ3n) is 7.31. The van der Waals surface area contributed by atoms with E-state index in [-0.39, 0.29) is 23.0 Å². The third kappa shape index (κ3) is 5.74. The van der Waals surface area contributed by atoms with Gasteiger partial charge in [-0.1, -0.05) is 54.2 Å². The van der Waals surface area contributed by atoms with E-state index in [0.717, 1.165) is 72.1 Å². The summed E-state index contributed by atoms with van der Waals surface area (Å²) in [6.45, 7) is 4.98. The van der Waals surface area contributed by atoms with Crippen LogP contribution in [0.3, 0.4) is 0 Å². The molecular formula is C31H34N2O4S. The van der Waals surface area contributed by atoms with Crippen LogP contribution >= 0.6 is 11.8 Å². The predicted octanol–water partition coefficient (Wildman–Crippen LogP) is 6.22. The highest BCUT2D eigenvalue weighted by Crippen LogP contribution is 2.53. The Hall–Kier alpha value is -3.29. The van der Waals surface area contributed by atoms with E-state index >= 15 is 0 Å². The fourth-order valence-corrected chi connectivity index (χ4v) is 6.66. The Bertz CT molecular complexity index is 1270. The summed E-state index contributed by atoms with van der Waals surface area (Å²) in [6, 6.07) is 23.4. The number of rotatable bonds is 9. The van der Waals surface area contributed by atoms with Gasteiger partial charge in [0.1, 0.15) is 16.9 Å². The molecule has 1 unspecified atom stereocenters. The maximum absolute atomic E-state index is 12.8. The van der Waals surface area contributed by atoms with Crippen LogP contribution < -0.4 is 14.4 Å². The molecule has 0 spiro atoms. The Morgan fingerprint density at radius 1 is 0.974 bits per heavy atom. The highest BCUT2D eigenvalue weighted by Gasteiger charge is 2.36. The van der Waals surface area contributed by atoms with Crippen molar-refractivity contribution in [1.82, 2.24) is 4.90 Å². The predicted molar refractivity (Wildman–Crippen MR) is 151 cm³/mol. The number of nitrogens with zero attached hydrogens (tertiary/aromatic N) is 2. The second-order valence-electron chi connectivity index (χ2n) is 9.78. The Morgan fingerprint density at radius 2 is 1.71 bits per heavy atom. The van der Waals surface area contributed by atoms with E-state index in [2.05, 4.69) is 4.90 Å². The average molecular weight is 531 g/mol. The molecule has 0 N–H and O–H groups in total. The summed E-state index contributed by atoms with van der Waals surface area (Å²) in [4.78, 5) is 30.8. The number of piperidine rings is 1. The Kier molecular flexibility index (Phi) is 8.35. The van der Waals surface area contributed by atoms with Crippen molar-refractivity contribution in [2.75, 3.05) is 38.3 Å². The zero-order valence-electron chi connectivity index (χ0n) is 22.0. The maximum atomic E-state index is 12.8. The Labute approximate surface area is 228 Å². The minimum absolute atomic E-state index is 0.00429. The van der Waals surface area contributed by atoms with Crippen LogP contribution in [0.4, 0.5) is 5.69 Å². The zero-order chi connectivity index (χ0) is 26.5. The van der Waals surface area contributed by atoms with Crippen LogP contribution in [0.5, 0.6) is 11.5 Å². The number of fused-ring (bicyclic) bond motifs is 1. The van der Waals surface area contributed by atoms with E-state index in [4.69, 9.17) is 9.47 Å². The fourth-order valence-electron chi connectivity index (χ4n) is 5.30. The van der Waals surface area contributed by atoms with Gasteiger partial charge in [-0.15, -0.1) is 0 Å². The Morgan fingerprint density at radius 3 is 2.45 bits per heavy atom. The first-order chi connectivity index (χ1) is 18.5. The molecule has 1 amide bonds. The van der Waals surface area contributed by atoms with Crippen molar-refractivity contribution in [3.63, 3.8) is 0 Å². The van der Waals surface area contributed by atoms with E-state index in [1.807, 2.05) is 77.7 Å². The molecule has 0 saturated carbocycles. The summed E-state index contributed by atoms with van der Waals surface area (Å²) in [5.41, 5.74) is 2.68. The number of benzene rings is 3. The van der Waals surface area contributed by atoms with Crippen LogP contribution in [-0.2, 0) is 4.79 Å². The fraction of sp³-hybridized carbons (Fsp3) is 0.355. The van der Waals surface area contributed by atoms with Crippen LogP contribution in [0, 0.1) is 5.92 Å². The molecule has 1 fully saturated rings. The second-order valence-corrected chi connectivity index (χ2v) is 10.9. The number of Topliss-reactive ketones (excluding diaryl/α,β-unsaturated/α-hetero) is 1. The van der Waals surface area contributed by atoms with Crippen LogP contribution in [0.1, 0.15) is 47.5 Å². The molecule has 0 radical (unpaired) electrons. The van der Waals surface area contributed by atoms with Gasteiger partial charge in [0.05, 0.1) is 19.4 Å². The van der Waals surface area contributed by atoms with E-state index < -0.39 is 0 Å².